The van der Waals surface area contributed by atoms with Crippen molar-refractivity contribution in [3.63, 3.8) is 0 Å². The van der Waals surface area contributed by atoms with Crippen molar-refractivity contribution in [3.8, 4) is 17.2 Å². The maximum Gasteiger partial charge on any atom is 0.238 e. The van der Waals surface area contributed by atoms with E-state index in [9.17, 15) is 18.5 Å². The van der Waals surface area contributed by atoms with Crippen molar-refractivity contribution in [1.82, 2.24) is 4.90 Å². The van der Waals surface area contributed by atoms with Crippen molar-refractivity contribution in [3.05, 3.63) is 89.5 Å². The number of hydrogen-bond acceptors (Lipinski definition) is 5. The zero-order chi connectivity index (χ0) is 23.6. The minimum Gasteiger partial charge on any atom is -0.369 e. The second-order valence-electron chi connectivity index (χ2n) is 8.28. The summed E-state index contributed by atoms with van der Waals surface area (Å²) in [4.78, 5) is 14.4. The molecule has 3 aromatic carbocycles. The molecule has 33 heavy (non-hydrogen) atoms. The number of primary amides is 1. The minimum atomic E-state index is -3.83. The third kappa shape index (κ3) is 4.96. The molecule has 1 fully saturated rings. The summed E-state index contributed by atoms with van der Waals surface area (Å²) in [6, 6.07) is 23.7. The number of sulfonamides is 1. The third-order valence-electron chi connectivity index (χ3n) is 6.07. The average Bonchev–Trinajstić information content (AvgIpc) is 3.23. The Morgan fingerprint density at radius 2 is 1.76 bits per heavy atom. The molecule has 2 atom stereocenters. The lowest BCUT2D eigenvalue weighted by Crippen LogP contribution is -2.29. The molecule has 0 aliphatic carbocycles. The second kappa shape index (κ2) is 9.16. The van der Waals surface area contributed by atoms with E-state index in [0.717, 1.165) is 16.7 Å². The first-order valence-electron chi connectivity index (χ1n) is 10.5. The number of rotatable bonds is 6. The van der Waals surface area contributed by atoms with Gasteiger partial charge in [-0.3, -0.25) is 9.69 Å². The van der Waals surface area contributed by atoms with Crippen LogP contribution in [-0.4, -0.2) is 32.3 Å². The van der Waals surface area contributed by atoms with Gasteiger partial charge in [0.1, 0.15) is 0 Å². The Morgan fingerprint density at radius 3 is 2.42 bits per heavy atom. The first kappa shape index (κ1) is 22.7. The number of carbonyl (C=O) groups is 1. The van der Waals surface area contributed by atoms with Gasteiger partial charge in [-0.1, -0.05) is 54.6 Å². The molecule has 8 heteroatoms. The van der Waals surface area contributed by atoms with E-state index in [2.05, 4.69) is 11.0 Å². The molecule has 3 aromatic rings. The molecule has 1 saturated heterocycles. The van der Waals surface area contributed by atoms with Crippen LogP contribution in [0.5, 0.6) is 0 Å². The van der Waals surface area contributed by atoms with Gasteiger partial charge in [0.15, 0.2) is 0 Å². The van der Waals surface area contributed by atoms with Gasteiger partial charge in [0.25, 0.3) is 0 Å². The molecule has 0 spiro atoms. The minimum absolute atomic E-state index is 0.0725. The monoisotopic (exact) mass is 460 g/mol. The van der Waals surface area contributed by atoms with Gasteiger partial charge < -0.3 is 5.73 Å². The van der Waals surface area contributed by atoms with Gasteiger partial charge in [-0.2, -0.15) is 5.26 Å². The maximum atomic E-state index is 12.1. The molecule has 1 amide bonds. The summed E-state index contributed by atoms with van der Waals surface area (Å²) in [6.45, 7) is 1.81. The van der Waals surface area contributed by atoms with Crippen LogP contribution >= 0.6 is 0 Å². The predicted molar refractivity (Wildman–Crippen MR) is 125 cm³/mol. The molecule has 1 aliphatic heterocycles. The normalized spacial score (nSPS) is 18.7. The molecule has 1 aliphatic rings. The van der Waals surface area contributed by atoms with E-state index in [-0.39, 0.29) is 22.6 Å². The molecule has 4 N–H and O–H groups in total. The Hall–Kier alpha value is -3.51. The van der Waals surface area contributed by atoms with E-state index >= 15 is 0 Å². The van der Waals surface area contributed by atoms with Crippen LogP contribution in [0.4, 0.5) is 0 Å². The van der Waals surface area contributed by atoms with E-state index in [1.165, 1.54) is 6.07 Å². The SMILES string of the molecule is N#Cc1cccc([C@@H]2CN(Cc3ccc(-c4ccccc4S(N)(=O)=O)cc3)C[C@H]2C(N)=O)c1. The fourth-order valence-corrected chi connectivity index (χ4v) is 5.24. The number of nitriles is 1. The molecule has 4 rings (SSSR count). The fraction of sp³-hybridized carbons (Fsp3) is 0.200. The molecule has 7 nitrogen and oxygen atoms in total. The zero-order valence-corrected chi connectivity index (χ0v) is 18.7. The molecule has 0 bridgehead atoms. The van der Waals surface area contributed by atoms with Gasteiger partial charge in [0, 0.05) is 31.1 Å². The van der Waals surface area contributed by atoms with E-state index in [1.54, 1.807) is 24.3 Å². The number of amides is 1. The molecule has 168 valence electrons. The van der Waals surface area contributed by atoms with Crippen molar-refractivity contribution >= 4 is 15.9 Å². The van der Waals surface area contributed by atoms with Crippen LogP contribution in [0.25, 0.3) is 11.1 Å². The number of benzene rings is 3. The third-order valence-corrected chi connectivity index (χ3v) is 7.04. The lowest BCUT2D eigenvalue weighted by molar-refractivity contribution is -0.121. The number of primary sulfonamides is 1. The Balaban J connectivity index is 1.53. The summed E-state index contributed by atoms with van der Waals surface area (Å²) in [5.74, 6) is -0.753. The lowest BCUT2D eigenvalue weighted by Gasteiger charge is -2.17. The van der Waals surface area contributed by atoms with Crippen LogP contribution in [0.1, 0.15) is 22.6 Å². The predicted octanol–water partition coefficient (Wildman–Crippen LogP) is 2.57. The molecular weight excluding hydrogens is 436 g/mol. The van der Waals surface area contributed by atoms with E-state index in [0.29, 0.717) is 30.8 Å². The van der Waals surface area contributed by atoms with Crippen molar-refractivity contribution in [2.75, 3.05) is 13.1 Å². The molecule has 0 saturated carbocycles. The van der Waals surface area contributed by atoms with Crippen molar-refractivity contribution in [2.24, 2.45) is 16.8 Å². The van der Waals surface area contributed by atoms with E-state index < -0.39 is 10.0 Å². The first-order chi connectivity index (χ1) is 15.8. The largest absolute Gasteiger partial charge is 0.369 e. The van der Waals surface area contributed by atoms with Crippen LogP contribution in [-0.2, 0) is 21.4 Å². The maximum absolute atomic E-state index is 12.1. The summed E-state index contributed by atoms with van der Waals surface area (Å²) in [6.07, 6.45) is 0. The highest BCUT2D eigenvalue weighted by Gasteiger charge is 2.37. The van der Waals surface area contributed by atoms with Crippen LogP contribution in [0.2, 0.25) is 0 Å². The van der Waals surface area contributed by atoms with Crippen molar-refractivity contribution < 1.29 is 13.2 Å². The van der Waals surface area contributed by atoms with Gasteiger partial charge in [0.2, 0.25) is 15.9 Å². The highest BCUT2D eigenvalue weighted by atomic mass is 32.2. The van der Waals surface area contributed by atoms with Gasteiger partial charge in [-0.05, 0) is 34.9 Å². The number of likely N-dealkylation sites (tertiary alicyclic amines) is 1. The summed E-state index contributed by atoms with van der Waals surface area (Å²) in [7, 11) is -3.83. The van der Waals surface area contributed by atoms with Crippen molar-refractivity contribution in [1.29, 1.82) is 5.26 Å². The summed E-state index contributed by atoms with van der Waals surface area (Å²) < 4.78 is 23.8. The van der Waals surface area contributed by atoms with Crippen molar-refractivity contribution in [2.45, 2.75) is 17.4 Å². The lowest BCUT2D eigenvalue weighted by atomic mass is 9.88. The van der Waals surface area contributed by atoms with Crippen LogP contribution in [0.3, 0.4) is 0 Å². The quantitative estimate of drug-likeness (QED) is 0.584. The van der Waals surface area contributed by atoms with Crippen LogP contribution in [0.15, 0.2) is 77.7 Å². The molecule has 0 unspecified atom stereocenters. The Kier molecular flexibility index (Phi) is 6.29. The Morgan fingerprint density at radius 1 is 1.03 bits per heavy atom. The number of carbonyl (C=O) groups excluding carboxylic acids is 1. The fourth-order valence-electron chi connectivity index (χ4n) is 4.48. The average molecular weight is 461 g/mol. The standard InChI is InChI=1S/C25H24N4O3S/c26-13-18-4-3-5-20(12-18)22-15-29(16-23(22)25(27)30)14-17-8-10-19(11-9-17)21-6-1-2-7-24(21)33(28,31)32/h1-12,22-23H,14-16H2,(H2,27,30)(H2,28,31,32)/t22-,23+/m0/s1. The van der Waals surface area contributed by atoms with Gasteiger partial charge in [0.05, 0.1) is 22.4 Å². The molecule has 0 aromatic heterocycles. The molecule has 1 heterocycles. The number of nitrogens with two attached hydrogens (primary N) is 2. The Bertz CT molecular complexity index is 1330. The number of hydrogen-bond donors (Lipinski definition) is 2. The molecular formula is C25H24N4O3S. The Labute approximate surface area is 193 Å². The van der Waals surface area contributed by atoms with Gasteiger partial charge in [-0.15, -0.1) is 0 Å². The summed E-state index contributed by atoms with van der Waals surface area (Å²) in [5.41, 5.74) is 9.53. The summed E-state index contributed by atoms with van der Waals surface area (Å²) in [5, 5.41) is 14.6. The summed E-state index contributed by atoms with van der Waals surface area (Å²) >= 11 is 0. The topological polar surface area (TPSA) is 130 Å². The zero-order valence-electron chi connectivity index (χ0n) is 17.9. The smallest absolute Gasteiger partial charge is 0.238 e. The van der Waals surface area contributed by atoms with E-state index in [4.69, 9.17) is 10.9 Å². The van der Waals surface area contributed by atoms with Gasteiger partial charge >= 0.3 is 0 Å². The van der Waals surface area contributed by atoms with Gasteiger partial charge in [-0.25, -0.2) is 13.6 Å². The molecule has 0 radical (unpaired) electrons. The van der Waals surface area contributed by atoms with Crippen LogP contribution < -0.4 is 10.9 Å². The highest BCUT2D eigenvalue weighted by Crippen LogP contribution is 2.34. The number of nitrogens with zero attached hydrogens (tertiary/aromatic N) is 2. The first-order valence-corrected chi connectivity index (χ1v) is 12.0. The highest BCUT2D eigenvalue weighted by molar-refractivity contribution is 7.89. The second-order valence-corrected chi connectivity index (χ2v) is 9.81. The van der Waals surface area contributed by atoms with E-state index in [1.807, 2.05) is 42.5 Å². The van der Waals surface area contributed by atoms with Crippen LogP contribution in [0, 0.1) is 17.2 Å².